The zero-order valence-electron chi connectivity index (χ0n) is 12.7. The number of methoxy groups -OCH3 is 1. The van der Waals surface area contributed by atoms with E-state index in [0.29, 0.717) is 12.8 Å². The minimum atomic E-state index is -0.407. The van der Waals surface area contributed by atoms with Crippen molar-refractivity contribution < 1.29 is 14.3 Å². The Morgan fingerprint density at radius 3 is 2.64 bits per heavy atom. The summed E-state index contributed by atoms with van der Waals surface area (Å²) in [6.07, 6.45) is 1.04. The van der Waals surface area contributed by atoms with E-state index in [1.54, 1.807) is 0 Å². The molecule has 0 spiro atoms. The zero-order chi connectivity index (χ0) is 15.8. The first-order valence-corrected chi connectivity index (χ1v) is 7.59. The van der Waals surface area contributed by atoms with Crippen molar-refractivity contribution in [3.63, 3.8) is 0 Å². The van der Waals surface area contributed by atoms with Crippen molar-refractivity contribution in [3.8, 4) is 0 Å². The third-order valence-corrected chi connectivity index (χ3v) is 3.50. The molecule has 0 bridgehead atoms. The van der Waals surface area contributed by atoms with E-state index in [1.165, 1.54) is 7.11 Å². The van der Waals surface area contributed by atoms with Gasteiger partial charge in [-0.15, -0.1) is 12.4 Å². The molecule has 0 aliphatic carbocycles. The number of rotatable bonds is 7. The maximum absolute atomic E-state index is 12.0. The van der Waals surface area contributed by atoms with Gasteiger partial charge >= 0.3 is 5.97 Å². The summed E-state index contributed by atoms with van der Waals surface area (Å²) in [6.45, 7) is 1.85. The van der Waals surface area contributed by atoms with Crippen LogP contribution in [0.4, 0.5) is 0 Å². The molecule has 7 heteroatoms. The van der Waals surface area contributed by atoms with Gasteiger partial charge in [0.15, 0.2) is 0 Å². The van der Waals surface area contributed by atoms with Crippen molar-refractivity contribution in [2.24, 2.45) is 5.73 Å². The Hall–Kier alpha value is -1.11. The maximum atomic E-state index is 12.0. The van der Waals surface area contributed by atoms with Crippen LogP contribution < -0.4 is 11.1 Å². The molecule has 0 aliphatic heterocycles. The molecule has 2 unspecified atom stereocenters. The van der Waals surface area contributed by atoms with Crippen LogP contribution in [0.25, 0.3) is 0 Å². The average Bonchev–Trinajstić information content (AvgIpc) is 2.44. The van der Waals surface area contributed by atoms with Crippen LogP contribution in [-0.2, 0) is 14.3 Å². The molecule has 0 saturated heterocycles. The maximum Gasteiger partial charge on any atom is 0.307 e. The Bertz CT molecular complexity index is 497. The predicted molar refractivity (Wildman–Crippen MR) is 91.8 cm³/mol. The van der Waals surface area contributed by atoms with Gasteiger partial charge in [0.25, 0.3) is 0 Å². The van der Waals surface area contributed by atoms with Gasteiger partial charge < -0.3 is 15.8 Å². The highest BCUT2D eigenvalue weighted by molar-refractivity contribution is 9.10. The lowest BCUT2D eigenvalue weighted by atomic mass is 10.0. The molecule has 0 radical (unpaired) electrons. The fourth-order valence-corrected chi connectivity index (χ4v) is 2.27. The Labute approximate surface area is 145 Å². The molecule has 5 nitrogen and oxygen atoms in total. The summed E-state index contributed by atoms with van der Waals surface area (Å²) in [5.74, 6) is -0.492. The van der Waals surface area contributed by atoms with Crippen molar-refractivity contribution in [2.45, 2.75) is 38.3 Å². The normalized spacial score (nSPS) is 12.7. The van der Waals surface area contributed by atoms with Gasteiger partial charge in [0.05, 0.1) is 19.6 Å². The van der Waals surface area contributed by atoms with E-state index in [9.17, 15) is 9.59 Å². The zero-order valence-corrected chi connectivity index (χ0v) is 15.1. The van der Waals surface area contributed by atoms with Crippen LogP contribution in [0.1, 0.15) is 37.8 Å². The van der Waals surface area contributed by atoms with Crippen LogP contribution in [-0.4, -0.2) is 25.0 Å². The number of esters is 1. The lowest BCUT2D eigenvalue weighted by Gasteiger charge is -2.19. The molecule has 0 aromatic heterocycles. The number of benzene rings is 1. The second-order valence-corrected chi connectivity index (χ2v) is 5.89. The standard InChI is InChI=1S/C15H21BrN2O3.ClH/c1-10(17)6-7-14(19)18-13(9-15(20)21-2)11-4-3-5-12(16)8-11;/h3-5,8,10,13H,6-7,9,17H2,1-2H3,(H,18,19);1H. The van der Waals surface area contributed by atoms with Crippen LogP contribution in [0, 0.1) is 0 Å². The number of ether oxygens (including phenoxy) is 1. The summed E-state index contributed by atoms with van der Waals surface area (Å²) in [6, 6.07) is 7.05. The fourth-order valence-electron chi connectivity index (χ4n) is 1.85. The fraction of sp³-hybridized carbons (Fsp3) is 0.467. The quantitative estimate of drug-likeness (QED) is 0.698. The van der Waals surface area contributed by atoms with E-state index in [-0.39, 0.29) is 36.7 Å². The minimum Gasteiger partial charge on any atom is -0.469 e. The largest absolute Gasteiger partial charge is 0.469 e. The molecule has 0 aliphatic rings. The first-order valence-electron chi connectivity index (χ1n) is 6.79. The SMILES string of the molecule is COC(=O)CC(NC(=O)CCC(C)N)c1cccc(Br)c1.Cl. The Morgan fingerprint density at radius 2 is 2.09 bits per heavy atom. The molecule has 2 atom stereocenters. The molecular weight excluding hydrogens is 372 g/mol. The van der Waals surface area contributed by atoms with Crippen molar-refractivity contribution >= 4 is 40.2 Å². The van der Waals surface area contributed by atoms with Gasteiger partial charge in [0.2, 0.25) is 5.91 Å². The van der Waals surface area contributed by atoms with Crippen LogP contribution in [0.3, 0.4) is 0 Å². The Kier molecular flexibility index (Phi) is 10.1. The Balaban J connectivity index is 0.00000441. The molecule has 1 rings (SSSR count). The van der Waals surface area contributed by atoms with Gasteiger partial charge in [0, 0.05) is 16.9 Å². The summed E-state index contributed by atoms with van der Waals surface area (Å²) >= 11 is 3.38. The number of carbonyl (C=O) groups excluding carboxylic acids is 2. The molecule has 124 valence electrons. The van der Waals surface area contributed by atoms with E-state index >= 15 is 0 Å². The number of amides is 1. The van der Waals surface area contributed by atoms with Gasteiger partial charge in [-0.1, -0.05) is 28.1 Å². The third-order valence-electron chi connectivity index (χ3n) is 3.01. The highest BCUT2D eigenvalue weighted by atomic mass is 79.9. The molecule has 1 aromatic carbocycles. The van der Waals surface area contributed by atoms with Gasteiger partial charge in [-0.25, -0.2) is 0 Å². The van der Waals surface area contributed by atoms with Crippen molar-refractivity contribution in [1.29, 1.82) is 0 Å². The van der Waals surface area contributed by atoms with E-state index < -0.39 is 6.04 Å². The summed E-state index contributed by atoms with van der Waals surface area (Å²) in [5.41, 5.74) is 6.50. The molecular formula is C15H22BrClN2O3. The summed E-state index contributed by atoms with van der Waals surface area (Å²) < 4.78 is 5.58. The van der Waals surface area contributed by atoms with Crippen LogP contribution >= 0.6 is 28.3 Å². The van der Waals surface area contributed by atoms with E-state index in [4.69, 9.17) is 10.5 Å². The Morgan fingerprint density at radius 1 is 1.41 bits per heavy atom. The highest BCUT2D eigenvalue weighted by Crippen LogP contribution is 2.21. The molecule has 0 fully saturated rings. The summed E-state index contributed by atoms with van der Waals surface area (Å²) in [7, 11) is 1.33. The van der Waals surface area contributed by atoms with Crippen LogP contribution in [0.15, 0.2) is 28.7 Å². The number of hydrogen-bond donors (Lipinski definition) is 2. The first kappa shape index (κ1) is 20.9. The number of carbonyl (C=O) groups is 2. The smallest absolute Gasteiger partial charge is 0.307 e. The number of nitrogens with two attached hydrogens (primary N) is 1. The van der Waals surface area contributed by atoms with E-state index in [2.05, 4.69) is 21.2 Å². The lowest BCUT2D eigenvalue weighted by Crippen LogP contribution is -2.31. The number of nitrogens with one attached hydrogen (secondary N) is 1. The second-order valence-electron chi connectivity index (χ2n) is 4.97. The van der Waals surface area contributed by atoms with Gasteiger partial charge in [-0.3, -0.25) is 9.59 Å². The average molecular weight is 394 g/mol. The molecule has 0 heterocycles. The summed E-state index contributed by atoms with van der Waals surface area (Å²) in [5, 5.41) is 2.86. The monoisotopic (exact) mass is 392 g/mol. The highest BCUT2D eigenvalue weighted by Gasteiger charge is 2.19. The first-order chi connectivity index (χ1) is 9.92. The molecule has 0 saturated carbocycles. The van der Waals surface area contributed by atoms with Gasteiger partial charge in [-0.05, 0) is 31.0 Å². The van der Waals surface area contributed by atoms with Gasteiger partial charge in [-0.2, -0.15) is 0 Å². The summed E-state index contributed by atoms with van der Waals surface area (Å²) in [4.78, 5) is 23.5. The molecule has 3 N–H and O–H groups in total. The predicted octanol–water partition coefficient (Wildman–Crippen LogP) is 2.72. The second kappa shape index (κ2) is 10.6. The number of hydrogen-bond acceptors (Lipinski definition) is 4. The van der Waals surface area contributed by atoms with Gasteiger partial charge in [0.1, 0.15) is 0 Å². The minimum absolute atomic E-state index is 0. The van der Waals surface area contributed by atoms with E-state index in [1.807, 2.05) is 31.2 Å². The topological polar surface area (TPSA) is 81.4 Å². The lowest BCUT2D eigenvalue weighted by molar-refractivity contribution is -0.141. The molecule has 1 amide bonds. The third kappa shape index (κ3) is 7.77. The molecule has 22 heavy (non-hydrogen) atoms. The van der Waals surface area contributed by atoms with E-state index in [0.717, 1.165) is 10.0 Å². The number of halogens is 2. The van der Waals surface area contributed by atoms with Crippen LogP contribution in [0.2, 0.25) is 0 Å². The molecule has 1 aromatic rings. The van der Waals surface area contributed by atoms with Crippen molar-refractivity contribution in [1.82, 2.24) is 5.32 Å². The van der Waals surface area contributed by atoms with Crippen molar-refractivity contribution in [3.05, 3.63) is 34.3 Å². The van der Waals surface area contributed by atoms with Crippen molar-refractivity contribution in [2.75, 3.05) is 7.11 Å². The van der Waals surface area contributed by atoms with Crippen LogP contribution in [0.5, 0.6) is 0 Å².